The van der Waals surface area contributed by atoms with Gasteiger partial charge in [0.2, 0.25) is 5.95 Å². The fraction of sp³-hybridized carbons (Fsp3) is 0.565. The maximum Gasteiger partial charge on any atom is 0.225 e. The molecule has 2 aliphatic rings. The second-order valence-corrected chi connectivity index (χ2v) is 8.34. The van der Waals surface area contributed by atoms with Crippen LogP contribution in [0.5, 0.6) is 0 Å². The Morgan fingerprint density at radius 1 is 1.10 bits per heavy atom. The van der Waals surface area contributed by atoms with Crippen LogP contribution in [0, 0.1) is 0 Å². The van der Waals surface area contributed by atoms with Gasteiger partial charge in [-0.25, -0.2) is 9.97 Å². The van der Waals surface area contributed by atoms with Crippen LogP contribution in [-0.4, -0.2) is 71.3 Å². The number of aliphatic hydroxyl groups is 1. The van der Waals surface area contributed by atoms with Gasteiger partial charge in [-0.1, -0.05) is 24.3 Å². The zero-order valence-electron chi connectivity index (χ0n) is 17.5. The summed E-state index contributed by atoms with van der Waals surface area (Å²) in [4.78, 5) is 16.5. The van der Waals surface area contributed by atoms with E-state index in [9.17, 15) is 5.11 Å². The fourth-order valence-electron chi connectivity index (χ4n) is 4.56. The summed E-state index contributed by atoms with van der Waals surface area (Å²) in [6, 6.07) is 9.24. The highest BCUT2D eigenvalue weighted by Gasteiger charge is 2.26. The molecule has 0 bridgehead atoms. The van der Waals surface area contributed by atoms with E-state index in [0.29, 0.717) is 6.04 Å². The summed E-state index contributed by atoms with van der Waals surface area (Å²) in [6.07, 6.45) is 8.32. The van der Waals surface area contributed by atoms with E-state index in [1.165, 1.54) is 30.4 Å². The van der Waals surface area contributed by atoms with Crippen molar-refractivity contribution in [3.63, 3.8) is 0 Å². The second-order valence-electron chi connectivity index (χ2n) is 8.34. The monoisotopic (exact) mass is 395 g/mol. The van der Waals surface area contributed by atoms with Crippen molar-refractivity contribution in [2.24, 2.45) is 0 Å². The van der Waals surface area contributed by atoms with Crippen LogP contribution in [0.3, 0.4) is 0 Å². The lowest BCUT2D eigenvalue weighted by atomic mass is 9.86. The average molecular weight is 396 g/mol. The lowest BCUT2D eigenvalue weighted by Crippen LogP contribution is -2.45. The van der Waals surface area contributed by atoms with Gasteiger partial charge in [0, 0.05) is 69.9 Å². The first-order valence-corrected chi connectivity index (χ1v) is 10.9. The summed E-state index contributed by atoms with van der Waals surface area (Å²) in [5, 5.41) is 9.41. The summed E-state index contributed by atoms with van der Waals surface area (Å²) in [6.45, 7) is 6.01. The fourth-order valence-corrected chi connectivity index (χ4v) is 4.56. The second kappa shape index (κ2) is 9.65. The first-order chi connectivity index (χ1) is 14.2. The molecule has 1 unspecified atom stereocenters. The Labute approximate surface area is 174 Å². The van der Waals surface area contributed by atoms with Gasteiger partial charge < -0.3 is 14.9 Å². The van der Waals surface area contributed by atoms with Crippen molar-refractivity contribution < 1.29 is 5.11 Å². The van der Waals surface area contributed by atoms with E-state index >= 15 is 0 Å². The molecule has 1 aromatic heterocycles. The Morgan fingerprint density at radius 3 is 2.62 bits per heavy atom. The number of piperazine rings is 1. The largest absolute Gasteiger partial charge is 0.396 e. The third-order valence-corrected chi connectivity index (χ3v) is 6.25. The van der Waals surface area contributed by atoms with Crippen molar-refractivity contribution >= 4 is 5.95 Å². The molecule has 4 rings (SSSR count). The molecule has 0 spiro atoms. The van der Waals surface area contributed by atoms with E-state index in [1.54, 1.807) is 0 Å². The summed E-state index contributed by atoms with van der Waals surface area (Å²) in [5.41, 5.74) is 4.06. The van der Waals surface area contributed by atoms with Crippen molar-refractivity contribution in [1.82, 2.24) is 19.8 Å². The average Bonchev–Trinajstić information content (AvgIpc) is 2.77. The standard InChI is InChI=1S/C23H33N5O/c1-26-11-13-27(14-12-26)23-24-16-19(17-25-23)18-28(10-5-15-29)22-9-4-7-20-6-2-3-8-21(20)22/h2-3,6,8,16-17,22,29H,4-5,7,9-15,18H2,1H3. The molecule has 1 saturated heterocycles. The molecule has 1 N–H and O–H groups in total. The molecule has 2 heterocycles. The molecule has 2 aromatic rings. The van der Waals surface area contributed by atoms with Crippen LogP contribution in [-0.2, 0) is 13.0 Å². The zero-order valence-corrected chi connectivity index (χ0v) is 17.5. The minimum atomic E-state index is 0.226. The van der Waals surface area contributed by atoms with Crippen LogP contribution in [0.1, 0.15) is 42.0 Å². The Balaban J connectivity index is 1.47. The molecule has 0 radical (unpaired) electrons. The van der Waals surface area contributed by atoms with Crippen LogP contribution in [0.15, 0.2) is 36.7 Å². The summed E-state index contributed by atoms with van der Waals surface area (Å²) < 4.78 is 0. The van der Waals surface area contributed by atoms with Gasteiger partial charge in [0.25, 0.3) is 0 Å². The number of rotatable bonds is 7. The predicted molar refractivity (Wildman–Crippen MR) is 116 cm³/mol. The number of hydrogen-bond acceptors (Lipinski definition) is 6. The molecular formula is C23H33N5O. The molecule has 1 aromatic carbocycles. The van der Waals surface area contributed by atoms with Gasteiger partial charge in [0.05, 0.1) is 0 Å². The Bertz CT molecular complexity index is 773. The van der Waals surface area contributed by atoms with Crippen molar-refractivity contribution in [1.29, 1.82) is 0 Å². The molecule has 1 aliphatic heterocycles. The van der Waals surface area contributed by atoms with Crippen LogP contribution in [0.2, 0.25) is 0 Å². The van der Waals surface area contributed by atoms with Crippen molar-refractivity contribution in [3.8, 4) is 0 Å². The Morgan fingerprint density at radius 2 is 1.86 bits per heavy atom. The smallest absolute Gasteiger partial charge is 0.225 e. The number of aryl methyl sites for hydroxylation is 1. The van der Waals surface area contributed by atoms with E-state index in [1.807, 2.05) is 12.4 Å². The van der Waals surface area contributed by atoms with Crippen molar-refractivity contribution in [3.05, 3.63) is 53.3 Å². The number of fused-ring (bicyclic) bond motifs is 1. The number of aliphatic hydroxyl groups excluding tert-OH is 1. The molecule has 1 fully saturated rings. The first-order valence-electron chi connectivity index (χ1n) is 10.9. The number of likely N-dealkylation sites (N-methyl/N-ethyl adjacent to an activating group) is 1. The highest BCUT2D eigenvalue weighted by atomic mass is 16.3. The third-order valence-electron chi connectivity index (χ3n) is 6.25. The normalized spacial score (nSPS) is 20.1. The van der Waals surface area contributed by atoms with Crippen LogP contribution < -0.4 is 4.90 Å². The minimum Gasteiger partial charge on any atom is -0.396 e. The lowest BCUT2D eigenvalue weighted by molar-refractivity contribution is 0.152. The van der Waals surface area contributed by atoms with Crippen LogP contribution in [0.4, 0.5) is 5.95 Å². The molecule has 6 nitrogen and oxygen atoms in total. The number of benzene rings is 1. The molecular weight excluding hydrogens is 362 g/mol. The quantitative estimate of drug-likeness (QED) is 0.777. The molecule has 1 aliphatic carbocycles. The maximum absolute atomic E-state index is 9.41. The Hall–Kier alpha value is -2.02. The zero-order chi connectivity index (χ0) is 20.1. The van der Waals surface area contributed by atoms with Gasteiger partial charge in [-0.05, 0) is 43.9 Å². The van der Waals surface area contributed by atoms with Gasteiger partial charge >= 0.3 is 0 Å². The van der Waals surface area contributed by atoms with Crippen molar-refractivity contribution in [2.75, 3.05) is 51.3 Å². The maximum atomic E-state index is 9.41. The van der Waals surface area contributed by atoms with Gasteiger partial charge in [0.15, 0.2) is 0 Å². The van der Waals surface area contributed by atoms with Crippen molar-refractivity contribution in [2.45, 2.75) is 38.3 Å². The van der Waals surface area contributed by atoms with E-state index in [0.717, 1.165) is 57.2 Å². The molecule has 29 heavy (non-hydrogen) atoms. The van der Waals surface area contributed by atoms with Gasteiger partial charge in [-0.2, -0.15) is 0 Å². The SMILES string of the molecule is CN1CCN(c2ncc(CN(CCCO)C3CCCc4ccccc43)cn2)CC1. The van der Waals surface area contributed by atoms with E-state index in [4.69, 9.17) is 0 Å². The molecule has 0 saturated carbocycles. The summed E-state index contributed by atoms with van der Waals surface area (Å²) in [7, 11) is 2.16. The Kier molecular flexibility index (Phi) is 6.74. The van der Waals surface area contributed by atoms with Gasteiger partial charge in [-0.15, -0.1) is 0 Å². The van der Waals surface area contributed by atoms with E-state index in [-0.39, 0.29) is 6.61 Å². The van der Waals surface area contributed by atoms with Gasteiger partial charge in [-0.3, -0.25) is 4.90 Å². The molecule has 1 atom stereocenters. The number of anilines is 1. The van der Waals surface area contributed by atoms with E-state index in [2.05, 4.69) is 56.0 Å². The van der Waals surface area contributed by atoms with Crippen LogP contribution in [0.25, 0.3) is 0 Å². The number of hydrogen-bond donors (Lipinski definition) is 1. The predicted octanol–water partition coefficient (Wildman–Crippen LogP) is 2.49. The summed E-state index contributed by atoms with van der Waals surface area (Å²) in [5.74, 6) is 0.840. The van der Waals surface area contributed by atoms with E-state index < -0.39 is 0 Å². The topological polar surface area (TPSA) is 55.7 Å². The minimum absolute atomic E-state index is 0.226. The highest BCUT2D eigenvalue weighted by Crippen LogP contribution is 2.35. The molecule has 0 amide bonds. The number of aromatic nitrogens is 2. The first kappa shape index (κ1) is 20.3. The summed E-state index contributed by atoms with van der Waals surface area (Å²) >= 11 is 0. The lowest BCUT2D eigenvalue weighted by Gasteiger charge is -2.36. The number of nitrogens with zero attached hydrogens (tertiary/aromatic N) is 5. The van der Waals surface area contributed by atoms with Gasteiger partial charge in [0.1, 0.15) is 0 Å². The third kappa shape index (κ3) is 4.94. The molecule has 156 valence electrons. The molecule has 6 heteroatoms. The highest BCUT2D eigenvalue weighted by molar-refractivity contribution is 5.33. The van der Waals surface area contributed by atoms with Crippen LogP contribution >= 0.6 is 0 Å².